The van der Waals surface area contributed by atoms with Crippen molar-refractivity contribution >= 4 is 11.8 Å². The van der Waals surface area contributed by atoms with Crippen LogP contribution >= 0.6 is 0 Å². The van der Waals surface area contributed by atoms with Crippen LogP contribution < -0.4 is 0 Å². The molecular weight excluding hydrogens is 228 g/mol. The van der Waals surface area contributed by atoms with Crippen LogP contribution in [0.3, 0.4) is 0 Å². The fourth-order valence-electron chi connectivity index (χ4n) is 2.63. The van der Waals surface area contributed by atoms with Crippen LogP contribution in [0.1, 0.15) is 45.4 Å². The first-order valence-electron chi connectivity index (χ1n) is 7.18. The monoisotopic (exact) mass is 252 g/mol. The molecule has 1 atom stereocenters. The van der Waals surface area contributed by atoms with Crippen LogP contribution in [0.15, 0.2) is 0 Å². The molecule has 2 fully saturated rings. The van der Waals surface area contributed by atoms with Crippen molar-refractivity contribution in [2.24, 2.45) is 5.92 Å². The van der Waals surface area contributed by atoms with Crippen LogP contribution in [-0.2, 0) is 9.59 Å². The molecule has 0 radical (unpaired) electrons. The largest absolute Gasteiger partial charge is 0.345 e. The van der Waals surface area contributed by atoms with Crippen molar-refractivity contribution in [3.63, 3.8) is 0 Å². The summed E-state index contributed by atoms with van der Waals surface area (Å²) in [6.07, 6.45) is 5.69. The van der Waals surface area contributed by atoms with E-state index >= 15 is 0 Å². The highest BCUT2D eigenvalue weighted by atomic mass is 16.2. The number of piperidine rings is 1. The van der Waals surface area contributed by atoms with Gasteiger partial charge in [0.05, 0.1) is 5.92 Å². The maximum Gasteiger partial charge on any atom is 0.227 e. The highest BCUT2D eigenvalue weighted by Crippen LogP contribution is 2.32. The Morgan fingerprint density at radius 3 is 2.72 bits per heavy atom. The minimum atomic E-state index is 0.0326. The van der Waals surface area contributed by atoms with E-state index in [2.05, 4.69) is 6.92 Å². The molecule has 1 heterocycles. The Labute approximate surface area is 109 Å². The van der Waals surface area contributed by atoms with Gasteiger partial charge in [0.1, 0.15) is 0 Å². The Bertz CT molecular complexity index is 326. The number of hydrogen-bond acceptors (Lipinski definition) is 2. The molecule has 1 aliphatic heterocycles. The smallest absolute Gasteiger partial charge is 0.227 e. The van der Waals surface area contributed by atoms with Gasteiger partial charge in [0.25, 0.3) is 0 Å². The lowest BCUT2D eigenvalue weighted by atomic mass is 9.96. The van der Waals surface area contributed by atoms with E-state index in [9.17, 15) is 9.59 Å². The third-order valence-electron chi connectivity index (χ3n) is 4.00. The van der Waals surface area contributed by atoms with Crippen LogP contribution in [0, 0.1) is 5.92 Å². The van der Waals surface area contributed by atoms with Crippen molar-refractivity contribution in [3.05, 3.63) is 0 Å². The molecule has 102 valence electrons. The highest BCUT2D eigenvalue weighted by Gasteiger charge is 2.39. The van der Waals surface area contributed by atoms with E-state index in [1.54, 1.807) is 0 Å². The first-order chi connectivity index (χ1) is 8.63. The van der Waals surface area contributed by atoms with E-state index in [-0.39, 0.29) is 17.7 Å². The van der Waals surface area contributed by atoms with E-state index in [0.29, 0.717) is 19.0 Å². The normalized spacial score (nSPS) is 24.2. The maximum absolute atomic E-state index is 12.3. The predicted molar refractivity (Wildman–Crippen MR) is 70.0 cm³/mol. The van der Waals surface area contributed by atoms with Gasteiger partial charge < -0.3 is 9.80 Å². The zero-order chi connectivity index (χ0) is 13.1. The van der Waals surface area contributed by atoms with Crippen LogP contribution in [0.2, 0.25) is 0 Å². The van der Waals surface area contributed by atoms with Gasteiger partial charge in [-0.3, -0.25) is 9.59 Å². The minimum absolute atomic E-state index is 0.0326. The fourth-order valence-corrected chi connectivity index (χ4v) is 2.63. The second-order valence-corrected chi connectivity index (χ2v) is 5.63. The van der Waals surface area contributed by atoms with E-state index in [1.165, 1.54) is 0 Å². The number of nitrogens with zero attached hydrogens (tertiary/aromatic N) is 2. The number of unbranched alkanes of at least 4 members (excludes halogenated alkanes) is 1. The second kappa shape index (κ2) is 5.72. The maximum atomic E-state index is 12.3. The summed E-state index contributed by atoms with van der Waals surface area (Å²) in [5, 5.41) is 0. The lowest BCUT2D eigenvalue weighted by Gasteiger charge is -2.34. The number of likely N-dealkylation sites (tertiary alicyclic amines) is 1. The molecule has 2 amide bonds. The summed E-state index contributed by atoms with van der Waals surface area (Å²) in [6.45, 7) is 3.62. The molecule has 4 nitrogen and oxygen atoms in total. The van der Waals surface area contributed by atoms with Gasteiger partial charge in [-0.2, -0.15) is 0 Å². The summed E-state index contributed by atoms with van der Waals surface area (Å²) in [5.41, 5.74) is 0. The Morgan fingerprint density at radius 2 is 2.11 bits per heavy atom. The van der Waals surface area contributed by atoms with E-state index in [1.807, 2.05) is 16.8 Å². The first kappa shape index (κ1) is 13.4. The summed E-state index contributed by atoms with van der Waals surface area (Å²) in [4.78, 5) is 27.9. The number of carbonyl (C=O) groups excluding carboxylic acids is 2. The quantitative estimate of drug-likeness (QED) is 0.746. The fraction of sp³-hybridized carbons (Fsp3) is 0.857. The first-order valence-corrected chi connectivity index (χ1v) is 7.18. The van der Waals surface area contributed by atoms with Gasteiger partial charge >= 0.3 is 0 Å². The molecule has 2 rings (SSSR count). The summed E-state index contributed by atoms with van der Waals surface area (Å²) in [5.74, 6) is 0.504. The Morgan fingerprint density at radius 1 is 1.39 bits per heavy atom. The average Bonchev–Trinajstić information content (AvgIpc) is 3.20. The van der Waals surface area contributed by atoms with Crippen LogP contribution in [0.5, 0.6) is 0 Å². The van der Waals surface area contributed by atoms with E-state index in [0.717, 1.165) is 38.6 Å². The van der Waals surface area contributed by atoms with E-state index in [4.69, 9.17) is 0 Å². The van der Waals surface area contributed by atoms with Crippen LogP contribution in [-0.4, -0.2) is 47.8 Å². The predicted octanol–water partition coefficient (Wildman–Crippen LogP) is 1.65. The van der Waals surface area contributed by atoms with Crippen molar-refractivity contribution in [3.8, 4) is 0 Å². The molecule has 0 unspecified atom stereocenters. The molecule has 0 aromatic carbocycles. The van der Waals surface area contributed by atoms with Gasteiger partial charge in [0, 0.05) is 32.6 Å². The van der Waals surface area contributed by atoms with Crippen molar-refractivity contribution in [1.82, 2.24) is 9.80 Å². The number of rotatable bonds is 5. The molecule has 0 N–H and O–H groups in total. The van der Waals surface area contributed by atoms with Gasteiger partial charge in [0.15, 0.2) is 0 Å². The SMILES string of the molecule is CCCCN(C)C(=O)[C@H]1CCC(=O)N(C2CC2)C1. The number of hydrogen-bond donors (Lipinski definition) is 0. The van der Waals surface area contributed by atoms with Gasteiger partial charge in [-0.25, -0.2) is 0 Å². The van der Waals surface area contributed by atoms with Gasteiger partial charge in [0.2, 0.25) is 11.8 Å². The van der Waals surface area contributed by atoms with Crippen molar-refractivity contribution < 1.29 is 9.59 Å². The van der Waals surface area contributed by atoms with Crippen LogP contribution in [0.4, 0.5) is 0 Å². The zero-order valence-electron chi connectivity index (χ0n) is 11.5. The molecule has 0 bridgehead atoms. The Hall–Kier alpha value is -1.06. The minimum Gasteiger partial charge on any atom is -0.345 e. The van der Waals surface area contributed by atoms with Gasteiger partial charge in [-0.15, -0.1) is 0 Å². The molecule has 1 saturated heterocycles. The lowest BCUT2D eigenvalue weighted by molar-refractivity contribution is -0.142. The molecule has 1 saturated carbocycles. The summed E-state index contributed by atoms with van der Waals surface area (Å²) >= 11 is 0. The molecule has 2 aliphatic rings. The molecule has 4 heteroatoms. The van der Waals surface area contributed by atoms with Crippen LogP contribution in [0.25, 0.3) is 0 Å². The number of amides is 2. The molecule has 18 heavy (non-hydrogen) atoms. The molecule has 1 aliphatic carbocycles. The lowest BCUT2D eigenvalue weighted by Crippen LogP contribution is -2.47. The second-order valence-electron chi connectivity index (χ2n) is 5.63. The van der Waals surface area contributed by atoms with Crippen molar-refractivity contribution in [2.45, 2.75) is 51.5 Å². The molecule has 0 aromatic heterocycles. The highest BCUT2D eigenvalue weighted by molar-refractivity contribution is 5.84. The summed E-state index contributed by atoms with van der Waals surface area (Å²) in [7, 11) is 1.88. The molecular formula is C14H24N2O2. The third-order valence-corrected chi connectivity index (χ3v) is 4.00. The Kier molecular flexibility index (Phi) is 4.25. The van der Waals surface area contributed by atoms with Gasteiger partial charge in [-0.1, -0.05) is 13.3 Å². The molecule has 0 aromatic rings. The topological polar surface area (TPSA) is 40.6 Å². The van der Waals surface area contributed by atoms with Gasteiger partial charge in [-0.05, 0) is 25.7 Å². The number of carbonyl (C=O) groups is 2. The van der Waals surface area contributed by atoms with Crippen molar-refractivity contribution in [1.29, 1.82) is 0 Å². The zero-order valence-corrected chi connectivity index (χ0v) is 11.5. The third kappa shape index (κ3) is 3.03. The van der Waals surface area contributed by atoms with E-state index < -0.39 is 0 Å². The molecule has 0 spiro atoms. The standard InChI is InChI=1S/C14H24N2O2/c1-3-4-9-15(2)14(18)11-5-8-13(17)16(10-11)12-6-7-12/h11-12H,3-10H2,1-2H3/t11-/m0/s1. The average molecular weight is 252 g/mol. The Balaban J connectivity index is 1.88. The van der Waals surface area contributed by atoms with Crippen molar-refractivity contribution in [2.75, 3.05) is 20.1 Å². The summed E-state index contributed by atoms with van der Waals surface area (Å²) in [6, 6.07) is 0.439. The summed E-state index contributed by atoms with van der Waals surface area (Å²) < 4.78 is 0.